The summed E-state index contributed by atoms with van der Waals surface area (Å²) in [7, 11) is 1.31. The number of hydrogen-bond acceptors (Lipinski definition) is 7. The van der Waals surface area contributed by atoms with Crippen LogP contribution in [0.15, 0.2) is 48.8 Å². The Morgan fingerprint density at radius 2 is 2.00 bits per heavy atom. The Hall–Kier alpha value is -3.62. The lowest BCUT2D eigenvalue weighted by atomic mass is 10.2. The number of nitrogens with zero attached hydrogens (tertiary/aromatic N) is 5. The molecule has 0 bridgehead atoms. The van der Waals surface area contributed by atoms with Gasteiger partial charge in [0.1, 0.15) is 6.54 Å². The Kier molecular flexibility index (Phi) is 4.74. The van der Waals surface area contributed by atoms with Crippen molar-refractivity contribution in [3.05, 3.63) is 54.4 Å². The van der Waals surface area contributed by atoms with Crippen molar-refractivity contribution in [2.75, 3.05) is 12.4 Å². The van der Waals surface area contributed by atoms with Gasteiger partial charge >= 0.3 is 5.97 Å². The summed E-state index contributed by atoms with van der Waals surface area (Å²) in [4.78, 5) is 28.6. The maximum absolute atomic E-state index is 12.1. The molecule has 0 radical (unpaired) electrons. The first-order valence-corrected chi connectivity index (χ1v) is 7.32. The Balaban J connectivity index is 1.61. The summed E-state index contributed by atoms with van der Waals surface area (Å²) in [6, 6.07) is 9.92. The first kappa shape index (κ1) is 16.2. The smallest absolute Gasteiger partial charge is 0.337 e. The summed E-state index contributed by atoms with van der Waals surface area (Å²) in [5, 5.41) is 14.6. The van der Waals surface area contributed by atoms with Gasteiger partial charge in [0, 0.05) is 23.6 Å². The lowest BCUT2D eigenvalue weighted by Gasteiger charge is -2.05. The first-order chi connectivity index (χ1) is 12.2. The van der Waals surface area contributed by atoms with Crippen LogP contribution in [0.25, 0.3) is 11.4 Å². The van der Waals surface area contributed by atoms with Gasteiger partial charge in [0.2, 0.25) is 11.7 Å². The number of amides is 1. The maximum atomic E-state index is 12.1. The molecule has 0 spiro atoms. The molecule has 0 unspecified atom stereocenters. The predicted molar refractivity (Wildman–Crippen MR) is 87.5 cm³/mol. The van der Waals surface area contributed by atoms with E-state index in [2.05, 4.69) is 30.4 Å². The minimum absolute atomic E-state index is 0.0913. The standard InChI is InChI=1S/C16H14N6O3/c1-25-16(24)11-4-6-13(7-5-11)18-14(23)10-22-20-15(19-21-22)12-3-2-8-17-9-12/h2-9H,10H2,1H3,(H,18,23). The largest absolute Gasteiger partial charge is 0.465 e. The summed E-state index contributed by atoms with van der Waals surface area (Å²) < 4.78 is 4.62. The van der Waals surface area contributed by atoms with Crippen LogP contribution in [0, 0.1) is 0 Å². The number of hydrogen-bond donors (Lipinski definition) is 1. The second-order valence-electron chi connectivity index (χ2n) is 5.00. The predicted octanol–water partition coefficient (Wildman–Crippen LogP) is 1.16. The first-order valence-electron chi connectivity index (χ1n) is 7.32. The molecular formula is C16H14N6O3. The zero-order valence-electron chi connectivity index (χ0n) is 13.3. The fourth-order valence-electron chi connectivity index (χ4n) is 2.06. The Bertz CT molecular complexity index is 876. The maximum Gasteiger partial charge on any atom is 0.337 e. The highest BCUT2D eigenvalue weighted by molar-refractivity contribution is 5.92. The lowest BCUT2D eigenvalue weighted by molar-refractivity contribution is -0.117. The highest BCUT2D eigenvalue weighted by atomic mass is 16.5. The van der Waals surface area contributed by atoms with Gasteiger partial charge in [-0.25, -0.2) is 4.79 Å². The van der Waals surface area contributed by atoms with Crippen molar-refractivity contribution in [1.82, 2.24) is 25.2 Å². The fraction of sp³-hybridized carbons (Fsp3) is 0.125. The zero-order chi connectivity index (χ0) is 17.6. The third kappa shape index (κ3) is 4.02. The Labute approximate surface area is 142 Å². The molecular weight excluding hydrogens is 324 g/mol. The van der Waals surface area contributed by atoms with Crippen LogP contribution < -0.4 is 5.32 Å². The second-order valence-corrected chi connectivity index (χ2v) is 5.00. The number of ether oxygens (including phenoxy) is 1. The van der Waals surface area contributed by atoms with E-state index in [0.717, 1.165) is 0 Å². The van der Waals surface area contributed by atoms with Crippen LogP contribution in [0.1, 0.15) is 10.4 Å². The van der Waals surface area contributed by atoms with E-state index in [1.807, 2.05) is 0 Å². The van der Waals surface area contributed by atoms with Crippen LogP contribution in [0.5, 0.6) is 0 Å². The average molecular weight is 338 g/mol. The molecule has 0 saturated heterocycles. The van der Waals surface area contributed by atoms with Crippen LogP contribution in [0.3, 0.4) is 0 Å². The molecule has 1 amide bonds. The third-order valence-corrected chi connectivity index (χ3v) is 3.25. The molecule has 0 aliphatic heterocycles. The number of rotatable bonds is 5. The number of carbonyl (C=O) groups excluding carboxylic acids is 2. The summed E-state index contributed by atoms with van der Waals surface area (Å²) in [6.45, 7) is -0.0913. The Morgan fingerprint density at radius 1 is 1.20 bits per heavy atom. The van der Waals surface area contributed by atoms with Crippen molar-refractivity contribution >= 4 is 17.6 Å². The molecule has 25 heavy (non-hydrogen) atoms. The number of benzene rings is 1. The highest BCUT2D eigenvalue weighted by Gasteiger charge is 2.10. The monoisotopic (exact) mass is 338 g/mol. The van der Waals surface area contributed by atoms with Crippen LogP contribution >= 0.6 is 0 Å². The molecule has 1 aromatic carbocycles. The van der Waals surface area contributed by atoms with Crippen LogP contribution in [0.2, 0.25) is 0 Å². The number of methoxy groups -OCH3 is 1. The zero-order valence-corrected chi connectivity index (χ0v) is 13.3. The number of aromatic nitrogens is 5. The van der Waals surface area contributed by atoms with Crippen molar-refractivity contribution in [2.45, 2.75) is 6.54 Å². The van der Waals surface area contributed by atoms with Gasteiger partial charge in [-0.3, -0.25) is 9.78 Å². The molecule has 9 nitrogen and oxygen atoms in total. The van der Waals surface area contributed by atoms with Gasteiger partial charge in [0.05, 0.1) is 12.7 Å². The van der Waals surface area contributed by atoms with E-state index in [9.17, 15) is 9.59 Å². The quantitative estimate of drug-likeness (QED) is 0.695. The van der Waals surface area contributed by atoms with Gasteiger partial charge in [-0.2, -0.15) is 4.80 Å². The third-order valence-electron chi connectivity index (χ3n) is 3.25. The number of nitrogens with one attached hydrogen (secondary N) is 1. The molecule has 0 atom stereocenters. The van der Waals surface area contributed by atoms with Gasteiger partial charge in [-0.1, -0.05) is 0 Å². The SMILES string of the molecule is COC(=O)c1ccc(NC(=O)Cn2nnc(-c3cccnc3)n2)cc1. The molecule has 0 saturated carbocycles. The molecule has 3 aromatic rings. The molecule has 0 aliphatic carbocycles. The minimum Gasteiger partial charge on any atom is -0.465 e. The lowest BCUT2D eigenvalue weighted by Crippen LogP contribution is -2.20. The summed E-state index contributed by atoms with van der Waals surface area (Å²) in [5.41, 5.74) is 1.66. The number of esters is 1. The van der Waals surface area contributed by atoms with Crippen LogP contribution in [-0.2, 0) is 16.1 Å². The molecule has 9 heteroatoms. The van der Waals surface area contributed by atoms with Crippen molar-refractivity contribution in [3.63, 3.8) is 0 Å². The molecule has 126 valence electrons. The van der Waals surface area contributed by atoms with Gasteiger partial charge in [0.25, 0.3) is 0 Å². The van der Waals surface area contributed by atoms with Gasteiger partial charge in [0.15, 0.2) is 0 Å². The van der Waals surface area contributed by atoms with Crippen molar-refractivity contribution < 1.29 is 14.3 Å². The molecule has 2 heterocycles. The topological polar surface area (TPSA) is 112 Å². The van der Waals surface area contributed by atoms with E-state index in [4.69, 9.17) is 0 Å². The molecule has 3 rings (SSSR count). The second kappa shape index (κ2) is 7.30. The number of pyridine rings is 1. The van der Waals surface area contributed by atoms with E-state index >= 15 is 0 Å². The van der Waals surface area contributed by atoms with E-state index in [-0.39, 0.29) is 12.5 Å². The van der Waals surface area contributed by atoms with E-state index in [0.29, 0.717) is 22.6 Å². The summed E-state index contributed by atoms with van der Waals surface area (Å²) in [5.74, 6) is -0.364. The molecule has 0 aliphatic rings. The fourth-order valence-corrected chi connectivity index (χ4v) is 2.06. The summed E-state index contributed by atoms with van der Waals surface area (Å²) >= 11 is 0. The van der Waals surface area contributed by atoms with Gasteiger partial charge in [-0.15, -0.1) is 10.2 Å². The molecule has 1 N–H and O–H groups in total. The highest BCUT2D eigenvalue weighted by Crippen LogP contribution is 2.12. The van der Waals surface area contributed by atoms with E-state index in [1.54, 1.807) is 48.8 Å². The number of anilines is 1. The minimum atomic E-state index is -0.437. The van der Waals surface area contributed by atoms with Crippen LogP contribution in [-0.4, -0.2) is 44.2 Å². The van der Waals surface area contributed by atoms with Gasteiger partial charge in [-0.05, 0) is 41.6 Å². The Morgan fingerprint density at radius 3 is 2.68 bits per heavy atom. The molecule has 2 aromatic heterocycles. The van der Waals surface area contributed by atoms with Crippen molar-refractivity contribution in [1.29, 1.82) is 0 Å². The average Bonchev–Trinajstić information content (AvgIpc) is 3.10. The van der Waals surface area contributed by atoms with Crippen LogP contribution in [0.4, 0.5) is 5.69 Å². The normalized spacial score (nSPS) is 10.3. The van der Waals surface area contributed by atoms with E-state index in [1.165, 1.54) is 11.9 Å². The van der Waals surface area contributed by atoms with E-state index < -0.39 is 5.97 Å². The summed E-state index contributed by atoms with van der Waals surface area (Å²) in [6.07, 6.45) is 3.26. The van der Waals surface area contributed by atoms with Crippen molar-refractivity contribution in [3.8, 4) is 11.4 Å². The van der Waals surface area contributed by atoms with Crippen molar-refractivity contribution in [2.24, 2.45) is 0 Å². The number of tetrazole rings is 1. The molecule has 0 fully saturated rings. The number of carbonyl (C=O) groups is 2. The van der Waals surface area contributed by atoms with Gasteiger partial charge < -0.3 is 10.1 Å².